The summed E-state index contributed by atoms with van der Waals surface area (Å²) >= 11 is 12.3. The molecule has 2 aromatic rings. The molecule has 0 fully saturated rings. The van der Waals surface area contributed by atoms with Crippen LogP contribution in [0.3, 0.4) is 0 Å². The monoisotopic (exact) mass is 394 g/mol. The summed E-state index contributed by atoms with van der Waals surface area (Å²) in [4.78, 5) is 12.1. The third-order valence-corrected chi connectivity index (χ3v) is 4.21. The fraction of sp³-hybridized carbons (Fsp3) is 0.250. The van der Waals surface area contributed by atoms with Crippen molar-refractivity contribution >= 4 is 35.2 Å². The highest BCUT2D eigenvalue weighted by molar-refractivity contribution is 6.32. The summed E-state index contributed by atoms with van der Waals surface area (Å²) in [7, 11) is 1.52. The Hall–Kier alpha value is -2.17. The number of carbonyl (C=O) groups is 1. The zero-order chi connectivity index (χ0) is 19.1. The summed E-state index contributed by atoms with van der Waals surface area (Å²) in [6.45, 7) is 4.10. The molecule has 0 aliphatic carbocycles. The molecule has 0 N–H and O–H groups in total. The van der Waals surface area contributed by atoms with Gasteiger partial charge in [-0.05, 0) is 43.7 Å². The first kappa shape index (κ1) is 20.1. The van der Waals surface area contributed by atoms with Gasteiger partial charge in [0, 0.05) is 16.7 Å². The molecule has 2 aromatic carbocycles. The number of carbonyl (C=O) groups excluding carboxylic acids is 1. The van der Waals surface area contributed by atoms with E-state index in [1.807, 2.05) is 25.1 Å². The Morgan fingerprint density at radius 2 is 1.92 bits per heavy atom. The molecule has 0 aliphatic heterocycles. The van der Waals surface area contributed by atoms with Gasteiger partial charge in [-0.1, -0.05) is 41.4 Å². The molecule has 0 aromatic heterocycles. The van der Waals surface area contributed by atoms with Crippen LogP contribution in [0.1, 0.15) is 31.1 Å². The van der Waals surface area contributed by atoms with Crippen molar-refractivity contribution in [1.29, 1.82) is 0 Å². The molecule has 0 unspecified atom stereocenters. The maximum absolute atomic E-state index is 12.1. The molecule has 0 bridgehead atoms. The summed E-state index contributed by atoms with van der Waals surface area (Å²) in [5.41, 5.74) is 1.45. The minimum atomic E-state index is -0.484. The Morgan fingerprint density at radius 3 is 2.58 bits per heavy atom. The van der Waals surface area contributed by atoms with E-state index >= 15 is 0 Å². The quantitative estimate of drug-likeness (QED) is 0.444. The van der Waals surface area contributed by atoms with Gasteiger partial charge in [0.05, 0.1) is 18.7 Å². The second-order valence-corrected chi connectivity index (χ2v) is 6.22. The van der Waals surface area contributed by atoms with Gasteiger partial charge in [0.15, 0.2) is 11.5 Å². The average Bonchev–Trinajstić information content (AvgIpc) is 2.60. The van der Waals surface area contributed by atoms with Crippen molar-refractivity contribution in [3.05, 3.63) is 63.6 Å². The van der Waals surface area contributed by atoms with Crippen molar-refractivity contribution in [3.63, 3.8) is 0 Å². The van der Waals surface area contributed by atoms with E-state index in [9.17, 15) is 4.79 Å². The number of hydrogen-bond donors (Lipinski definition) is 0. The predicted octanol–water partition coefficient (Wildman–Crippen LogP) is 5.72. The van der Waals surface area contributed by atoms with Crippen molar-refractivity contribution in [3.8, 4) is 11.5 Å². The molecule has 0 amide bonds. The molecule has 0 spiro atoms. The second-order valence-electron chi connectivity index (χ2n) is 5.40. The topological polar surface area (TPSA) is 44.8 Å². The van der Waals surface area contributed by atoms with Crippen LogP contribution in [-0.4, -0.2) is 19.7 Å². The van der Waals surface area contributed by atoms with Crippen LogP contribution in [0, 0.1) is 0 Å². The molecule has 1 atom stereocenters. The summed E-state index contributed by atoms with van der Waals surface area (Å²) in [5, 5.41) is 0.955. The van der Waals surface area contributed by atoms with Crippen LogP contribution in [0.15, 0.2) is 42.5 Å². The summed E-state index contributed by atoms with van der Waals surface area (Å²) in [5.74, 6) is 0.489. The SMILES string of the molecule is CCOc1cc(/C=C/C(=O)O[C@@H](C)c2ccccc2Cl)cc(Cl)c1OC. The first-order chi connectivity index (χ1) is 12.5. The molecule has 138 valence electrons. The van der Waals surface area contributed by atoms with Gasteiger partial charge in [-0.2, -0.15) is 0 Å². The maximum Gasteiger partial charge on any atom is 0.331 e. The molecule has 6 heteroatoms. The molecule has 2 rings (SSSR count). The highest BCUT2D eigenvalue weighted by Crippen LogP contribution is 2.36. The summed E-state index contributed by atoms with van der Waals surface area (Å²) in [6, 6.07) is 10.7. The first-order valence-electron chi connectivity index (χ1n) is 8.09. The Morgan fingerprint density at radius 1 is 1.19 bits per heavy atom. The number of methoxy groups -OCH3 is 1. The van der Waals surface area contributed by atoms with Gasteiger partial charge in [0.1, 0.15) is 6.10 Å². The van der Waals surface area contributed by atoms with Crippen LogP contribution >= 0.6 is 23.2 Å². The number of halogens is 2. The van der Waals surface area contributed by atoms with Crippen LogP contribution in [-0.2, 0) is 9.53 Å². The van der Waals surface area contributed by atoms with Crippen LogP contribution < -0.4 is 9.47 Å². The van der Waals surface area contributed by atoms with Crippen molar-refractivity contribution in [1.82, 2.24) is 0 Å². The lowest BCUT2D eigenvalue weighted by Gasteiger charge is -2.14. The number of rotatable bonds is 7. The molecule has 26 heavy (non-hydrogen) atoms. The highest BCUT2D eigenvalue weighted by atomic mass is 35.5. The van der Waals surface area contributed by atoms with E-state index in [4.69, 9.17) is 37.4 Å². The molecule has 0 heterocycles. The zero-order valence-corrected chi connectivity index (χ0v) is 16.3. The Kier molecular flexibility index (Phi) is 7.37. The zero-order valence-electron chi connectivity index (χ0n) is 14.8. The maximum atomic E-state index is 12.1. The standard InChI is InChI=1S/C20H20Cl2O4/c1-4-25-18-12-14(11-17(22)20(18)24-3)9-10-19(23)26-13(2)15-7-5-6-8-16(15)21/h5-13H,4H2,1-3H3/b10-9+/t13-/m0/s1. The molecular weight excluding hydrogens is 375 g/mol. The number of benzene rings is 2. The summed E-state index contributed by atoms with van der Waals surface area (Å²) in [6.07, 6.45) is 2.48. The lowest BCUT2D eigenvalue weighted by atomic mass is 10.1. The molecule has 0 saturated heterocycles. The summed E-state index contributed by atoms with van der Waals surface area (Å²) < 4.78 is 16.1. The normalized spacial score (nSPS) is 12.0. The van der Waals surface area contributed by atoms with Crippen LogP contribution in [0.25, 0.3) is 6.08 Å². The van der Waals surface area contributed by atoms with Gasteiger partial charge in [0.2, 0.25) is 0 Å². The molecule has 4 nitrogen and oxygen atoms in total. The fourth-order valence-corrected chi connectivity index (χ4v) is 2.98. The van der Waals surface area contributed by atoms with Crippen LogP contribution in [0.2, 0.25) is 10.0 Å². The van der Waals surface area contributed by atoms with Gasteiger partial charge < -0.3 is 14.2 Å². The molecular formula is C20H20Cl2O4. The third kappa shape index (κ3) is 5.16. The number of esters is 1. The van der Waals surface area contributed by atoms with E-state index < -0.39 is 12.1 Å². The number of hydrogen-bond acceptors (Lipinski definition) is 4. The van der Waals surface area contributed by atoms with Gasteiger partial charge in [-0.25, -0.2) is 4.79 Å². The van der Waals surface area contributed by atoms with Gasteiger partial charge in [-0.3, -0.25) is 0 Å². The van der Waals surface area contributed by atoms with Crippen LogP contribution in [0.4, 0.5) is 0 Å². The van der Waals surface area contributed by atoms with Gasteiger partial charge >= 0.3 is 5.97 Å². The van der Waals surface area contributed by atoms with Crippen LogP contribution in [0.5, 0.6) is 11.5 Å². The fourth-order valence-electron chi connectivity index (χ4n) is 2.39. The second kappa shape index (κ2) is 9.51. The Balaban J connectivity index is 2.11. The molecule has 0 radical (unpaired) electrons. The Labute approximate surface area is 163 Å². The van der Waals surface area contributed by atoms with E-state index in [0.717, 1.165) is 5.56 Å². The largest absolute Gasteiger partial charge is 0.491 e. The highest BCUT2D eigenvalue weighted by Gasteiger charge is 2.13. The smallest absolute Gasteiger partial charge is 0.331 e. The number of ether oxygens (including phenoxy) is 3. The van der Waals surface area contributed by atoms with E-state index in [1.165, 1.54) is 13.2 Å². The average molecular weight is 395 g/mol. The predicted molar refractivity (Wildman–Crippen MR) is 104 cm³/mol. The first-order valence-corrected chi connectivity index (χ1v) is 8.85. The van der Waals surface area contributed by atoms with Gasteiger partial charge in [0.25, 0.3) is 0 Å². The Bertz CT molecular complexity index is 802. The lowest BCUT2D eigenvalue weighted by Crippen LogP contribution is -2.06. The van der Waals surface area contributed by atoms with Gasteiger partial charge in [-0.15, -0.1) is 0 Å². The van der Waals surface area contributed by atoms with E-state index in [1.54, 1.807) is 31.2 Å². The third-order valence-electron chi connectivity index (χ3n) is 3.58. The molecule has 0 aliphatic rings. The molecule has 0 saturated carbocycles. The van der Waals surface area contributed by atoms with E-state index in [0.29, 0.717) is 33.7 Å². The minimum absolute atomic E-state index is 0.399. The van der Waals surface area contributed by atoms with Crippen molar-refractivity contribution in [2.45, 2.75) is 20.0 Å². The van der Waals surface area contributed by atoms with Crippen molar-refractivity contribution < 1.29 is 19.0 Å². The lowest BCUT2D eigenvalue weighted by molar-refractivity contribution is -0.142. The van der Waals surface area contributed by atoms with Crippen molar-refractivity contribution in [2.24, 2.45) is 0 Å². The van der Waals surface area contributed by atoms with Crippen molar-refractivity contribution in [2.75, 3.05) is 13.7 Å². The van der Waals surface area contributed by atoms with E-state index in [2.05, 4.69) is 0 Å². The minimum Gasteiger partial charge on any atom is -0.491 e. The van der Waals surface area contributed by atoms with E-state index in [-0.39, 0.29) is 0 Å².